The number of para-hydroxylation sites is 1. The fourth-order valence-corrected chi connectivity index (χ4v) is 3.35. The van der Waals surface area contributed by atoms with Crippen LogP contribution in [0.15, 0.2) is 36.4 Å². The number of nitro groups is 1. The zero-order valence-electron chi connectivity index (χ0n) is 15.2. The standard InChI is InChI=1S/C19H20N4O3/c1-12-10-17(14(3)22(12)16-8-6-5-7-9-16)18(24)11-21-15(4)19(23(25)26)13(2)20-21/h5-10H,11H2,1-4H3. The van der Waals surface area contributed by atoms with Gasteiger partial charge in [-0.3, -0.25) is 19.6 Å². The molecule has 0 unspecified atom stereocenters. The number of Topliss-reactive ketones (excluding diaryl/α,β-unsaturated/α-hetero) is 1. The molecule has 0 radical (unpaired) electrons. The van der Waals surface area contributed by atoms with E-state index in [0.717, 1.165) is 17.1 Å². The Morgan fingerprint density at radius 1 is 1.12 bits per heavy atom. The van der Waals surface area contributed by atoms with Gasteiger partial charge in [-0.2, -0.15) is 5.10 Å². The minimum absolute atomic E-state index is 0.0282. The first kappa shape index (κ1) is 17.6. The van der Waals surface area contributed by atoms with Crippen LogP contribution in [0.1, 0.15) is 33.1 Å². The molecule has 3 aromatic rings. The van der Waals surface area contributed by atoms with Gasteiger partial charge in [-0.05, 0) is 45.9 Å². The molecule has 0 aliphatic heterocycles. The molecule has 0 aliphatic rings. The maximum absolute atomic E-state index is 12.8. The van der Waals surface area contributed by atoms with Gasteiger partial charge < -0.3 is 4.57 Å². The van der Waals surface area contributed by atoms with Crippen LogP contribution in [0.25, 0.3) is 5.69 Å². The molecule has 0 atom stereocenters. The topological polar surface area (TPSA) is 83.0 Å². The molecule has 1 aromatic carbocycles. The van der Waals surface area contributed by atoms with Gasteiger partial charge in [-0.15, -0.1) is 0 Å². The molecular weight excluding hydrogens is 332 g/mol. The molecule has 134 valence electrons. The van der Waals surface area contributed by atoms with E-state index < -0.39 is 4.92 Å². The molecule has 26 heavy (non-hydrogen) atoms. The lowest BCUT2D eigenvalue weighted by atomic mass is 10.1. The van der Waals surface area contributed by atoms with Crippen molar-refractivity contribution in [2.24, 2.45) is 0 Å². The molecule has 0 saturated carbocycles. The lowest BCUT2D eigenvalue weighted by Gasteiger charge is -2.09. The Kier molecular flexibility index (Phi) is 4.46. The van der Waals surface area contributed by atoms with E-state index >= 15 is 0 Å². The number of hydrogen-bond donors (Lipinski definition) is 0. The number of ketones is 1. The minimum atomic E-state index is -0.458. The number of carbonyl (C=O) groups is 1. The summed E-state index contributed by atoms with van der Waals surface area (Å²) in [6.07, 6.45) is 0. The third-order valence-electron chi connectivity index (χ3n) is 4.57. The summed E-state index contributed by atoms with van der Waals surface area (Å²) in [6, 6.07) is 11.7. The first-order valence-electron chi connectivity index (χ1n) is 8.27. The van der Waals surface area contributed by atoms with Crippen LogP contribution in [0, 0.1) is 37.8 Å². The lowest BCUT2D eigenvalue weighted by Crippen LogP contribution is -2.14. The summed E-state index contributed by atoms with van der Waals surface area (Å²) in [5.74, 6) is -0.124. The fourth-order valence-electron chi connectivity index (χ4n) is 3.35. The molecule has 7 nitrogen and oxygen atoms in total. The van der Waals surface area contributed by atoms with Gasteiger partial charge in [0.05, 0.1) is 4.92 Å². The number of carbonyl (C=O) groups excluding carboxylic acids is 1. The number of nitrogens with zero attached hydrogens (tertiary/aromatic N) is 4. The maximum Gasteiger partial charge on any atom is 0.312 e. The number of rotatable bonds is 5. The summed E-state index contributed by atoms with van der Waals surface area (Å²) in [5.41, 5.74) is 4.05. The second-order valence-electron chi connectivity index (χ2n) is 6.31. The van der Waals surface area contributed by atoms with Gasteiger partial charge in [0.2, 0.25) is 0 Å². The Morgan fingerprint density at radius 3 is 2.35 bits per heavy atom. The fraction of sp³-hybridized carbons (Fsp3) is 0.263. The molecule has 7 heteroatoms. The summed E-state index contributed by atoms with van der Waals surface area (Å²) in [7, 11) is 0. The Balaban J connectivity index is 1.95. The molecule has 0 saturated heterocycles. The van der Waals surface area contributed by atoms with Gasteiger partial charge in [0.15, 0.2) is 5.78 Å². The highest BCUT2D eigenvalue weighted by atomic mass is 16.6. The van der Waals surface area contributed by atoms with Crippen molar-refractivity contribution >= 4 is 11.5 Å². The Labute approximate surface area is 151 Å². The van der Waals surface area contributed by atoms with Crippen molar-refractivity contribution < 1.29 is 9.72 Å². The molecule has 2 aromatic heterocycles. The van der Waals surface area contributed by atoms with Crippen LogP contribution in [0.5, 0.6) is 0 Å². The highest BCUT2D eigenvalue weighted by Crippen LogP contribution is 2.24. The number of aryl methyl sites for hydroxylation is 2. The molecule has 3 rings (SSSR count). The van der Waals surface area contributed by atoms with E-state index in [-0.39, 0.29) is 18.0 Å². The predicted octanol–water partition coefficient (Wildman–Crippen LogP) is 3.70. The van der Waals surface area contributed by atoms with Gasteiger partial charge in [-0.25, -0.2) is 0 Å². The van der Waals surface area contributed by atoms with Crippen molar-refractivity contribution in [1.82, 2.24) is 14.3 Å². The van der Waals surface area contributed by atoms with Crippen LogP contribution >= 0.6 is 0 Å². The third-order valence-corrected chi connectivity index (χ3v) is 4.57. The van der Waals surface area contributed by atoms with Gasteiger partial charge in [0, 0.05) is 22.6 Å². The Hall–Kier alpha value is -3.22. The Bertz CT molecular complexity index is 1000. The van der Waals surface area contributed by atoms with Crippen LogP contribution in [0.3, 0.4) is 0 Å². The van der Waals surface area contributed by atoms with Crippen molar-refractivity contribution in [2.75, 3.05) is 0 Å². The van der Waals surface area contributed by atoms with Crippen LogP contribution < -0.4 is 0 Å². The molecule has 0 amide bonds. The van der Waals surface area contributed by atoms with E-state index in [9.17, 15) is 14.9 Å². The molecule has 0 spiro atoms. The molecule has 2 heterocycles. The van der Waals surface area contributed by atoms with Crippen molar-refractivity contribution in [2.45, 2.75) is 34.2 Å². The predicted molar refractivity (Wildman–Crippen MR) is 97.9 cm³/mol. The van der Waals surface area contributed by atoms with Crippen LogP contribution in [-0.2, 0) is 6.54 Å². The quantitative estimate of drug-likeness (QED) is 0.398. The molecule has 0 N–H and O–H groups in total. The first-order chi connectivity index (χ1) is 12.3. The van der Waals surface area contributed by atoms with E-state index in [1.807, 2.05) is 54.8 Å². The zero-order valence-corrected chi connectivity index (χ0v) is 15.2. The first-order valence-corrected chi connectivity index (χ1v) is 8.27. The van der Waals surface area contributed by atoms with Crippen molar-refractivity contribution in [1.29, 1.82) is 0 Å². The zero-order chi connectivity index (χ0) is 19.0. The number of hydrogen-bond acceptors (Lipinski definition) is 4. The Morgan fingerprint density at radius 2 is 1.77 bits per heavy atom. The van der Waals surface area contributed by atoms with Crippen LogP contribution in [-0.4, -0.2) is 25.1 Å². The van der Waals surface area contributed by atoms with Crippen molar-refractivity contribution in [3.05, 3.63) is 74.9 Å². The summed E-state index contributed by atoms with van der Waals surface area (Å²) in [6.45, 7) is 7.01. The third kappa shape index (κ3) is 2.92. The molecule has 0 fully saturated rings. The average molecular weight is 352 g/mol. The number of benzene rings is 1. The molecule has 0 aliphatic carbocycles. The van der Waals surface area contributed by atoms with E-state index in [1.165, 1.54) is 4.68 Å². The summed E-state index contributed by atoms with van der Waals surface area (Å²) in [4.78, 5) is 23.5. The van der Waals surface area contributed by atoms with E-state index in [2.05, 4.69) is 5.10 Å². The normalized spacial score (nSPS) is 10.9. The van der Waals surface area contributed by atoms with Crippen LogP contribution in [0.4, 0.5) is 5.69 Å². The van der Waals surface area contributed by atoms with E-state index in [0.29, 0.717) is 17.0 Å². The SMILES string of the molecule is Cc1nn(CC(=O)c2cc(C)n(-c3ccccc3)c2C)c(C)c1[N+](=O)[O-]. The highest BCUT2D eigenvalue weighted by molar-refractivity contribution is 5.97. The van der Waals surface area contributed by atoms with Crippen molar-refractivity contribution in [3.8, 4) is 5.69 Å². The summed E-state index contributed by atoms with van der Waals surface area (Å²) in [5, 5.41) is 15.3. The second-order valence-corrected chi connectivity index (χ2v) is 6.31. The summed E-state index contributed by atoms with van der Waals surface area (Å²) >= 11 is 0. The van der Waals surface area contributed by atoms with Crippen LogP contribution in [0.2, 0.25) is 0 Å². The smallest absolute Gasteiger partial charge is 0.312 e. The van der Waals surface area contributed by atoms with Crippen molar-refractivity contribution in [3.63, 3.8) is 0 Å². The largest absolute Gasteiger partial charge is 0.318 e. The summed E-state index contributed by atoms with van der Waals surface area (Å²) < 4.78 is 3.43. The van der Waals surface area contributed by atoms with E-state index in [1.54, 1.807) is 13.8 Å². The monoisotopic (exact) mass is 352 g/mol. The second kappa shape index (κ2) is 6.59. The number of aromatic nitrogens is 3. The van der Waals surface area contributed by atoms with Gasteiger partial charge in [-0.1, -0.05) is 18.2 Å². The van der Waals surface area contributed by atoms with Gasteiger partial charge in [0.1, 0.15) is 17.9 Å². The average Bonchev–Trinajstić information content (AvgIpc) is 3.04. The van der Waals surface area contributed by atoms with Gasteiger partial charge >= 0.3 is 5.69 Å². The lowest BCUT2D eigenvalue weighted by molar-refractivity contribution is -0.386. The minimum Gasteiger partial charge on any atom is -0.318 e. The molecular formula is C19H20N4O3. The molecule has 0 bridgehead atoms. The highest BCUT2D eigenvalue weighted by Gasteiger charge is 2.24. The van der Waals surface area contributed by atoms with E-state index in [4.69, 9.17) is 0 Å². The maximum atomic E-state index is 12.8. The van der Waals surface area contributed by atoms with Gasteiger partial charge in [0.25, 0.3) is 0 Å².